The maximum Gasteiger partial charge on any atom is 0.269 e. The van der Waals surface area contributed by atoms with E-state index in [1.54, 1.807) is 22.8 Å². The monoisotopic (exact) mass is 846 g/mol. The molecule has 0 atom stereocenters. The van der Waals surface area contributed by atoms with Gasteiger partial charge in [-0.1, -0.05) is 186 Å². The molecule has 3 aromatic heterocycles. The van der Waals surface area contributed by atoms with Gasteiger partial charge in [0.15, 0.2) is 0 Å². The topological polar surface area (TPSA) is 26.6 Å². The first-order valence-corrected chi connectivity index (χ1v) is 21.8. The van der Waals surface area contributed by atoms with Crippen molar-refractivity contribution in [1.29, 1.82) is 0 Å². The molecular formula is C61H48N4. The van der Waals surface area contributed by atoms with E-state index in [9.17, 15) is 0 Å². The van der Waals surface area contributed by atoms with Gasteiger partial charge in [-0.2, -0.15) is 0 Å². The van der Waals surface area contributed by atoms with Crippen LogP contribution in [0.2, 0.25) is 0 Å². The molecule has 0 N–H and O–H groups in total. The predicted molar refractivity (Wildman–Crippen MR) is 268 cm³/mol. The summed E-state index contributed by atoms with van der Waals surface area (Å²) >= 11 is 0. The molecule has 3 heterocycles. The molecule has 0 saturated carbocycles. The van der Waals surface area contributed by atoms with Crippen LogP contribution in [0.1, 0.15) is 65.0 Å². The van der Waals surface area contributed by atoms with Gasteiger partial charge in [-0.3, -0.25) is 13.7 Å². The van der Waals surface area contributed by atoms with Gasteiger partial charge in [0.25, 0.3) is 6.33 Å². The van der Waals surface area contributed by atoms with E-state index in [0.29, 0.717) is 11.0 Å². The third kappa shape index (κ3) is 6.12. The Balaban J connectivity index is 1.08. The van der Waals surface area contributed by atoms with Crippen LogP contribution in [0.4, 0.5) is 0 Å². The molecule has 0 aliphatic heterocycles. The average Bonchev–Trinajstić information content (AvgIpc) is 4.03. The summed E-state index contributed by atoms with van der Waals surface area (Å²) < 4.78 is 93.6. The second-order valence-corrected chi connectivity index (χ2v) is 18.3. The highest BCUT2D eigenvalue weighted by atomic mass is 15.1. The van der Waals surface area contributed by atoms with Crippen molar-refractivity contribution in [3.63, 3.8) is 0 Å². The minimum Gasteiger partial charge on any atom is -0.294 e. The maximum absolute atomic E-state index is 9.10. The number of fused-ring (bicyclic) bond motifs is 7. The summed E-state index contributed by atoms with van der Waals surface area (Å²) in [6.45, 7) is 11.2. The Labute approximate surface area is 394 Å². The largest absolute Gasteiger partial charge is 0.294 e. The Morgan fingerprint density at radius 3 is 1.97 bits per heavy atom. The normalized spacial score (nSPS) is 15.3. The van der Waals surface area contributed by atoms with E-state index in [2.05, 4.69) is 124 Å². The van der Waals surface area contributed by atoms with Crippen LogP contribution in [0.3, 0.4) is 0 Å². The fourth-order valence-electron chi connectivity index (χ4n) is 9.93. The standard InChI is InChI=1S/C61H48N4/c1-60(2,3)43-33-34-62-57(36-43)65-53-30-13-12-25-48(53)49-37-52-50(38-56(49)65)58-45(26-18-29-51(58)61(52,4)5)42-23-16-24-44(35-42)63-39-64(55-32-15-14-31-54(55)63)59-46(40-19-8-6-9-20-40)27-17-28-47(59)41-21-10-7-11-22-41/h6-38H,1-5H3/i6D,7D,8D,9D,10D,11D,19D,20D,21D,22D. The Bertz CT molecular complexity index is 4130. The van der Waals surface area contributed by atoms with Crippen LogP contribution in [0.5, 0.6) is 0 Å². The first-order valence-electron chi connectivity index (χ1n) is 26.8. The summed E-state index contributed by atoms with van der Waals surface area (Å²) in [5.41, 5.74) is 12.0. The first kappa shape index (κ1) is 29.5. The lowest BCUT2D eigenvalue weighted by atomic mass is 9.81. The van der Waals surface area contributed by atoms with Gasteiger partial charge in [-0.25, -0.2) is 4.98 Å². The number of hydrogen-bond acceptors (Lipinski definition) is 1. The number of pyridine rings is 1. The Morgan fingerprint density at radius 2 is 1.23 bits per heavy atom. The van der Waals surface area contributed by atoms with E-state index >= 15 is 0 Å². The SMILES string of the molecule is [2H]c1c([2H])c([2H])c(-c2cccc(-c3c([2H])c([2H])c([2H])c([2H])c3[2H])c2-[n+]2[c-]n(-c3cccc(-c4cccc5c4-c4cc6c(cc4C5(C)C)c4ccccc4n6-c4cc(C(C)(C)C)ccn4)c3)c3ccccc32)c([2H])c1[2H]. The van der Waals surface area contributed by atoms with Crippen molar-refractivity contribution < 1.29 is 18.3 Å². The second kappa shape index (κ2) is 14.6. The van der Waals surface area contributed by atoms with Crippen molar-refractivity contribution in [2.75, 3.05) is 0 Å². The number of imidazole rings is 1. The summed E-state index contributed by atoms with van der Waals surface area (Å²) in [6.07, 6.45) is 5.45. The van der Waals surface area contributed by atoms with E-state index in [-0.39, 0.29) is 38.8 Å². The lowest BCUT2D eigenvalue weighted by molar-refractivity contribution is -0.571. The number of para-hydroxylation sites is 4. The molecule has 0 amide bonds. The third-order valence-corrected chi connectivity index (χ3v) is 13.1. The summed E-state index contributed by atoms with van der Waals surface area (Å²) in [5.74, 6) is 0.857. The van der Waals surface area contributed by atoms with Gasteiger partial charge in [-0.15, -0.1) is 0 Å². The lowest BCUT2D eigenvalue weighted by Crippen LogP contribution is -2.31. The molecule has 8 aromatic carbocycles. The van der Waals surface area contributed by atoms with Crippen molar-refractivity contribution in [2.45, 2.75) is 45.4 Å². The smallest absolute Gasteiger partial charge is 0.269 e. The highest BCUT2D eigenvalue weighted by Gasteiger charge is 2.38. The number of benzene rings is 8. The summed E-state index contributed by atoms with van der Waals surface area (Å²) in [5, 5.41) is 2.31. The Morgan fingerprint density at radius 1 is 0.569 bits per heavy atom. The van der Waals surface area contributed by atoms with Crippen LogP contribution in [-0.4, -0.2) is 14.1 Å². The van der Waals surface area contributed by atoms with Crippen molar-refractivity contribution >= 4 is 32.8 Å². The van der Waals surface area contributed by atoms with Gasteiger partial charge in [0.2, 0.25) is 0 Å². The Kier molecular flexibility index (Phi) is 6.64. The molecule has 0 spiro atoms. The van der Waals surface area contributed by atoms with Gasteiger partial charge in [-0.05, 0) is 109 Å². The maximum atomic E-state index is 9.10. The molecule has 0 fully saturated rings. The van der Waals surface area contributed by atoms with Crippen molar-refractivity contribution in [3.8, 4) is 61.7 Å². The number of rotatable bonds is 6. The van der Waals surface area contributed by atoms with E-state index in [1.165, 1.54) is 16.7 Å². The van der Waals surface area contributed by atoms with E-state index in [4.69, 9.17) is 18.7 Å². The quantitative estimate of drug-likeness (QED) is 0.121. The van der Waals surface area contributed by atoms with Crippen LogP contribution in [0, 0.1) is 6.33 Å². The zero-order valence-corrected chi connectivity index (χ0v) is 36.6. The van der Waals surface area contributed by atoms with E-state index in [1.807, 2.05) is 47.2 Å². The molecule has 4 nitrogen and oxygen atoms in total. The average molecular weight is 847 g/mol. The van der Waals surface area contributed by atoms with Crippen LogP contribution in [-0.2, 0) is 10.8 Å². The minimum absolute atomic E-state index is 0.0786. The molecule has 1 aliphatic carbocycles. The molecule has 0 saturated heterocycles. The highest BCUT2D eigenvalue weighted by Crippen LogP contribution is 2.54. The number of aromatic nitrogens is 4. The molecule has 12 rings (SSSR count). The molecule has 0 bridgehead atoms. The molecule has 65 heavy (non-hydrogen) atoms. The van der Waals surface area contributed by atoms with Crippen molar-refractivity contribution in [2.24, 2.45) is 0 Å². The van der Waals surface area contributed by atoms with Gasteiger partial charge in [0.1, 0.15) is 5.82 Å². The predicted octanol–water partition coefficient (Wildman–Crippen LogP) is 14.8. The minimum atomic E-state index is -0.556. The Hall–Kier alpha value is -7.82. The number of nitrogens with zero attached hydrogens (tertiary/aromatic N) is 4. The zero-order valence-electron chi connectivity index (χ0n) is 46.6. The zero-order chi connectivity index (χ0) is 52.7. The van der Waals surface area contributed by atoms with Crippen LogP contribution >= 0.6 is 0 Å². The molecule has 4 heteroatoms. The molecule has 0 unspecified atom stereocenters. The van der Waals surface area contributed by atoms with Gasteiger partial charge >= 0.3 is 0 Å². The molecule has 11 aromatic rings. The first-order chi connectivity index (χ1) is 35.8. The highest BCUT2D eigenvalue weighted by molar-refractivity contribution is 6.12. The molecular weight excluding hydrogens is 789 g/mol. The second-order valence-electron chi connectivity index (χ2n) is 18.3. The van der Waals surface area contributed by atoms with Gasteiger partial charge in [0, 0.05) is 22.4 Å². The van der Waals surface area contributed by atoms with Crippen LogP contribution in [0.25, 0.3) is 94.5 Å². The lowest BCUT2D eigenvalue weighted by Gasteiger charge is -2.22. The summed E-state index contributed by atoms with van der Waals surface area (Å²) in [6, 6.07) is 39.6. The third-order valence-electron chi connectivity index (χ3n) is 13.1. The molecule has 1 aliphatic rings. The van der Waals surface area contributed by atoms with Crippen LogP contribution in [0.15, 0.2) is 200 Å². The van der Waals surface area contributed by atoms with E-state index in [0.717, 1.165) is 55.6 Å². The van der Waals surface area contributed by atoms with Crippen molar-refractivity contribution in [3.05, 3.63) is 223 Å². The summed E-state index contributed by atoms with van der Waals surface area (Å²) in [4.78, 5) is 4.96. The fourth-order valence-corrected chi connectivity index (χ4v) is 9.93. The molecule has 312 valence electrons. The fraction of sp³-hybridized carbons (Fsp3) is 0.115. The van der Waals surface area contributed by atoms with Gasteiger partial charge < -0.3 is 0 Å². The molecule has 0 radical (unpaired) electrons. The van der Waals surface area contributed by atoms with Crippen LogP contribution < -0.4 is 4.57 Å². The van der Waals surface area contributed by atoms with Gasteiger partial charge in [0.05, 0.1) is 47.1 Å². The van der Waals surface area contributed by atoms with Crippen molar-refractivity contribution in [1.82, 2.24) is 14.1 Å². The number of hydrogen-bond donors (Lipinski definition) is 0. The van der Waals surface area contributed by atoms with E-state index < -0.39 is 60.4 Å². The summed E-state index contributed by atoms with van der Waals surface area (Å²) in [7, 11) is 0.